The van der Waals surface area contributed by atoms with Gasteiger partial charge in [-0.3, -0.25) is 28.8 Å². The van der Waals surface area contributed by atoms with Gasteiger partial charge in [-0.15, -0.1) is 0 Å². The summed E-state index contributed by atoms with van der Waals surface area (Å²) in [6.07, 6.45) is -0.793. The summed E-state index contributed by atoms with van der Waals surface area (Å²) in [5.74, 6) is -7.71. The van der Waals surface area contributed by atoms with Gasteiger partial charge in [0.15, 0.2) is 0 Å². The second-order valence-corrected chi connectivity index (χ2v) is 9.20. The van der Waals surface area contributed by atoms with Crippen LogP contribution in [0.25, 0.3) is 0 Å². The maximum atomic E-state index is 13.0. The Morgan fingerprint density at radius 1 is 0.789 bits per heavy atom. The van der Waals surface area contributed by atoms with E-state index in [2.05, 4.69) is 46.5 Å². The van der Waals surface area contributed by atoms with Crippen LogP contribution in [-0.2, 0) is 33.6 Å². The van der Waals surface area contributed by atoms with E-state index in [0.29, 0.717) is 6.42 Å². The van der Waals surface area contributed by atoms with E-state index in [1.54, 1.807) is 13.8 Å². The van der Waals surface area contributed by atoms with E-state index < -0.39 is 84.0 Å². The lowest BCUT2D eigenvalue weighted by molar-refractivity contribution is -0.142. The van der Waals surface area contributed by atoms with Crippen LogP contribution in [0.4, 0.5) is 0 Å². The third kappa shape index (κ3) is 12.5. The standard InChI is InChI=1S/C21H36N6O9S2/c1-3-9(2)16(27-19(33)13(8-38)25-17(31)10(22)6-15(29)30)20(34)26-12(7-37)18(32)24-11(21(35)36)4-5-14(23)28/h9-13,16,37-38H,3-8,22H2,1-2H3,(H2,23,28)(H,24,32)(H,25,31)(H,26,34)(H,27,33)(H,29,30)(H,35,36). The molecule has 0 heterocycles. The van der Waals surface area contributed by atoms with E-state index in [-0.39, 0.29) is 24.3 Å². The van der Waals surface area contributed by atoms with Gasteiger partial charge in [0.25, 0.3) is 0 Å². The Morgan fingerprint density at radius 2 is 1.26 bits per heavy atom. The molecule has 0 aromatic carbocycles. The number of carboxylic acids is 2. The van der Waals surface area contributed by atoms with Crippen molar-refractivity contribution in [1.82, 2.24) is 21.3 Å². The van der Waals surface area contributed by atoms with Crippen molar-refractivity contribution in [2.24, 2.45) is 17.4 Å². The number of hydrogen-bond donors (Lipinski definition) is 10. The first-order chi connectivity index (χ1) is 17.7. The van der Waals surface area contributed by atoms with Gasteiger partial charge in [0.2, 0.25) is 29.5 Å². The highest BCUT2D eigenvalue weighted by molar-refractivity contribution is 7.80. The molecule has 0 aromatic rings. The maximum Gasteiger partial charge on any atom is 0.326 e. The van der Waals surface area contributed by atoms with Crippen molar-refractivity contribution in [2.45, 2.75) is 69.7 Å². The van der Waals surface area contributed by atoms with Gasteiger partial charge < -0.3 is 42.9 Å². The van der Waals surface area contributed by atoms with Crippen LogP contribution in [0.15, 0.2) is 0 Å². The number of thiol groups is 2. The summed E-state index contributed by atoms with van der Waals surface area (Å²) in [6.45, 7) is 3.40. The smallest absolute Gasteiger partial charge is 0.326 e. The van der Waals surface area contributed by atoms with Crippen molar-refractivity contribution in [3.63, 3.8) is 0 Å². The zero-order chi connectivity index (χ0) is 29.6. The first-order valence-electron chi connectivity index (χ1n) is 11.6. The molecule has 0 rings (SSSR count). The number of primary amides is 1. The molecule has 6 atom stereocenters. The molecule has 10 N–H and O–H groups in total. The molecule has 0 spiro atoms. The van der Waals surface area contributed by atoms with Crippen LogP contribution in [0.1, 0.15) is 39.5 Å². The Hall–Kier alpha value is -3.05. The number of hydrogen-bond acceptors (Lipinski definition) is 10. The van der Waals surface area contributed by atoms with Crippen molar-refractivity contribution >= 4 is 66.7 Å². The van der Waals surface area contributed by atoms with E-state index in [4.69, 9.17) is 16.6 Å². The summed E-state index contributed by atoms with van der Waals surface area (Å²) in [5.41, 5.74) is 10.5. The summed E-state index contributed by atoms with van der Waals surface area (Å²) < 4.78 is 0. The number of nitrogens with one attached hydrogen (secondary N) is 4. The fourth-order valence-corrected chi connectivity index (χ4v) is 3.50. The van der Waals surface area contributed by atoms with E-state index in [0.717, 1.165) is 0 Å². The molecule has 0 aliphatic rings. The Balaban J connectivity index is 5.49. The normalized spacial score (nSPS) is 15.5. The van der Waals surface area contributed by atoms with Gasteiger partial charge in [0, 0.05) is 17.9 Å². The number of nitrogens with two attached hydrogens (primary N) is 2. The molecule has 0 aliphatic carbocycles. The minimum atomic E-state index is -1.44. The predicted octanol–water partition coefficient (Wildman–Crippen LogP) is -3.02. The molecule has 0 aromatic heterocycles. The number of rotatable bonds is 18. The third-order valence-electron chi connectivity index (χ3n) is 5.45. The number of aliphatic carboxylic acids is 2. The first-order valence-corrected chi connectivity index (χ1v) is 12.9. The Kier molecular flexibility index (Phi) is 16.1. The highest BCUT2D eigenvalue weighted by Crippen LogP contribution is 2.10. The van der Waals surface area contributed by atoms with Crippen molar-refractivity contribution in [3.8, 4) is 0 Å². The molecule has 0 aliphatic heterocycles. The molecule has 38 heavy (non-hydrogen) atoms. The quantitative estimate of drug-likeness (QED) is 0.0734. The summed E-state index contributed by atoms with van der Waals surface area (Å²) in [5, 5.41) is 27.5. The molecule has 0 radical (unpaired) electrons. The van der Waals surface area contributed by atoms with Gasteiger partial charge in [-0.2, -0.15) is 25.3 Å². The molecule has 0 saturated heterocycles. The molecular formula is C21H36N6O9S2. The van der Waals surface area contributed by atoms with E-state index in [1.807, 2.05) is 0 Å². The molecule has 0 fully saturated rings. The van der Waals surface area contributed by atoms with Crippen molar-refractivity contribution < 1.29 is 43.8 Å². The first kappa shape index (κ1) is 35.0. The molecular weight excluding hydrogens is 544 g/mol. The summed E-state index contributed by atoms with van der Waals surface area (Å²) in [4.78, 5) is 83.7. The average Bonchev–Trinajstić information content (AvgIpc) is 2.84. The minimum Gasteiger partial charge on any atom is -0.481 e. The van der Waals surface area contributed by atoms with Crippen LogP contribution >= 0.6 is 25.3 Å². The SMILES string of the molecule is CCC(C)C(NC(=O)C(CS)NC(=O)C(N)CC(=O)O)C(=O)NC(CS)C(=O)NC(CCC(N)=O)C(=O)O. The van der Waals surface area contributed by atoms with E-state index in [9.17, 15) is 38.7 Å². The number of amides is 5. The lowest BCUT2D eigenvalue weighted by atomic mass is 9.97. The molecule has 17 heteroatoms. The van der Waals surface area contributed by atoms with E-state index >= 15 is 0 Å². The van der Waals surface area contributed by atoms with Crippen LogP contribution in [0.2, 0.25) is 0 Å². The Morgan fingerprint density at radius 3 is 1.68 bits per heavy atom. The van der Waals surface area contributed by atoms with Gasteiger partial charge in [0.1, 0.15) is 24.2 Å². The fraction of sp³-hybridized carbons (Fsp3) is 0.667. The lowest BCUT2D eigenvalue weighted by Crippen LogP contribution is -2.60. The second-order valence-electron chi connectivity index (χ2n) is 8.47. The molecule has 216 valence electrons. The number of carbonyl (C=O) groups excluding carboxylic acids is 5. The summed E-state index contributed by atoms with van der Waals surface area (Å²) >= 11 is 8.05. The van der Waals surface area contributed by atoms with E-state index in [1.165, 1.54) is 0 Å². The monoisotopic (exact) mass is 580 g/mol. The highest BCUT2D eigenvalue weighted by Gasteiger charge is 2.33. The maximum absolute atomic E-state index is 13.0. The lowest BCUT2D eigenvalue weighted by Gasteiger charge is -2.28. The molecule has 15 nitrogen and oxygen atoms in total. The fourth-order valence-electron chi connectivity index (χ4n) is 2.98. The van der Waals surface area contributed by atoms with Gasteiger partial charge in [-0.1, -0.05) is 20.3 Å². The average molecular weight is 581 g/mol. The largest absolute Gasteiger partial charge is 0.481 e. The highest BCUT2D eigenvalue weighted by atomic mass is 32.1. The summed E-state index contributed by atoms with van der Waals surface area (Å²) in [7, 11) is 0. The molecule has 0 saturated carbocycles. The van der Waals surface area contributed by atoms with Crippen LogP contribution in [-0.4, -0.2) is 93.4 Å². The van der Waals surface area contributed by atoms with Gasteiger partial charge >= 0.3 is 11.9 Å². The van der Waals surface area contributed by atoms with Crippen LogP contribution in [0, 0.1) is 5.92 Å². The number of carboxylic acid groups (broad SMARTS) is 2. The third-order valence-corrected chi connectivity index (χ3v) is 6.18. The minimum absolute atomic E-state index is 0.199. The Bertz CT molecular complexity index is 891. The topological polar surface area (TPSA) is 260 Å². The predicted molar refractivity (Wildman–Crippen MR) is 141 cm³/mol. The van der Waals surface area contributed by atoms with Crippen LogP contribution < -0.4 is 32.7 Å². The number of carbonyl (C=O) groups is 7. The van der Waals surface area contributed by atoms with Crippen molar-refractivity contribution in [2.75, 3.05) is 11.5 Å². The van der Waals surface area contributed by atoms with Crippen molar-refractivity contribution in [1.29, 1.82) is 0 Å². The van der Waals surface area contributed by atoms with Gasteiger partial charge in [-0.25, -0.2) is 4.79 Å². The van der Waals surface area contributed by atoms with Gasteiger partial charge in [-0.05, 0) is 12.3 Å². The zero-order valence-corrected chi connectivity index (χ0v) is 22.8. The molecule has 0 bridgehead atoms. The van der Waals surface area contributed by atoms with Gasteiger partial charge in [0.05, 0.1) is 12.5 Å². The Labute approximate surface area is 230 Å². The summed E-state index contributed by atoms with van der Waals surface area (Å²) in [6, 6.07) is -6.58. The second kappa shape index (κ2) is 17.5. The van der Waals surface area contributed by atoms with Crippen LogP contribution in [0.5, 0.6) is 0 Å². The van der Waals surface area contributed by atoms with Crippen molar-refractivity contribution in [3.05, 3.63) is 0 Å². The zero-order valence-electron chi connectivity index (χ0n) is 21.0. The molecule has 5 amide bonds. The van der Waals surface area contributed by atoms with Crippen LogP contribution in [0.3, 0.4) is 0 Å². The molecule has 6 unspecified atom stereocenters.